The minimum absolute atomic E-state index is 0. The molecule has 4 N–H and O–H groups in total. The minimum Gasteiger partial charge on any atom is -0.497 e. The van der Waals surface area contributed by atoms with E-state index in [2.05, 4.69) is 42.5 Å². The molecule has 0 saturated carbocycles. The van der Waals surface area contributed by atoms with Crippen LogP contribution in [0.4, 0.5) is 0 Å². The Morgan fingerprint density at radius 3 is 2.56 bits per heavy atom. The van der Waals surface area contributed by atoms with Gasteiger partial charge in [0.1, 0.15) is 11.5 Å². The van der Waals surface area contributed by atoms with E-state index in [0.717, 1.165) is 73.7 Å². The number of nitrogens with one attached hydrogen (secondary N) is 3. The maximum Gasteiger partial charge on any atom is 0.191 e. The third-order valence-electron chi connectivity index (χ3n) is 5.29. The fraction of sp³-hybridized carbons (Fsp3) is 0.625. The van der Waals surface area contributed by atoms with Gasteiger partial charge in [0.2, 0.25) is 0 Å². The van der Waals surface area contributed by atoms with Crippen LogP contribution in [0.15, 0.2) is 23.2 Å². The number of aromatic amines is 1. The lowest BCUT2D eigenvalue weighted by atomic mass is 9.94. The molecule has 2 aromatic rings. The lowest BCUT2D eigenvalue weighted by Gasteiger charge is -2.17. The van der Waals surface area contributed by atoms with Crippen molar-refractivity contribution in [1.82, 2.24) is 15.6 Å². The number of aliphatic hydroxyl groups is 1. The van der Waals surface area contributed by atoms with Gasteiger partial charge >= 0.3 is 0 Å². The second-order valence-electron chi connectivity index (χ2n) is 8.34. The molecular formula is C24H41IN4O3. The second kappa shape index (κ2) is 15.2. The van der Waals surface area contributed by atoms with E-state index >= 15 is 0 Å². The molecule has 182 valence electrons. The van der Waals surface area contributed by atoms with Gasteiger partial charge in [0.25, 0.3) is 0 Å². The summed E-state index contributed by atoms with van der Waals surface area (Å²) in [5.41, 5.74) is 2.19. The topological polar surface area (TPSA) is 90.9 Å². The first-order valence-corrected chi connectivity index (χ1v) is 11.4. The highest BCUT2D eigenvalue weighted by molar-refractivity contribution is 14.0. The Morgan fingerprint density at radius 1 is 1.16 bits per heavy atom. The number of guanidine groups is 1. The Kier molecular flexibility index (Phi) is 13.5. The number of hydrogen-bond donors (Lipinski definition) is 4. The minimum atomic E-state index is 0. The van der Waals surface area contributed by atoms with Crippen LogP contribution in [0.25, 0.3) is 10.9 Å². The number of H-pyrrole nitrogens is 1. The number of aryl methyl sites for hydroxylation is 1. The smallest absolute Gasteiger partial charge is 0.191 e. The number of fused-ring (bicyclic) bond motifs is 1. The van der Waals surface area contributed by atoms with Gasteiger partial charge < -0.3 is 30.2 Å². The first-order chi connectivity index (χ1) is 15.0. The molecule has 0 aliphatic rings. The van der Waals surface area contributed by atoms with Crippen molar-refractivity contribution in [3.05, 3.63) is 23.9 Å². The van der Waals surface area contributed by atoms with E-state index in [-0.39, 0.29) is 30.6 Å². The number of rotatable bonds is 13. The second-order valence-corrected chi connectivity index (χ2v) is 8.34. The van der Waals surface area contributed by atoms with Crippen molar-refractivity contribution in [3.8, 4) is 11.5 Å². The molecule has 1 heterocycles. The SMILES string of the molecule is CCNC(=NCC(CCO)CC(C)C)NCCCc1cc2c(OC)cc(OC)cc2[nH]1.I. The van der Waals surface area contributed by atoms with Gasteiger partial charge in [-0.2, -0.15) is 0 Å². The number of benzene rings is 1. The lowest BCUT2D eigenvalue weighted by Crippen LogP contribution is -2.38. The number of methoxy groups -OCH3 is 2. The van der Waals surface area contributed by atoms with Gasteiger partial charge in [-0.15, -0.1) is 24.0 Å². The summed E-state index contributed by atoms with van der Waals surface area (Å²) in [7, 11) is 3.34. The molecule has 0 bridgehead atoms. The summed E-state index contributed by atoms with van der Waals surface area (Å²) in [6, 6.07) is 6.05. The quantitative estimate of drug-likeness (QED) is 0.127. The van der Waals surface area contributed by atoms with Crippen LogP contribution in [-0.2, 0) is 6.42 Å². The van der Waals surface area contributed by atoms with E-state index in [1.165, 1.54) is 5.69 Å². The summed E-state index contributed by atoms with van der Waals surface area (Å²) in [6.45, 7) is 9.11. The predicted octanol–water partition coefficient (Wildman–Crippen LogP) is 4.34. The first-order valence-electron chi connectivity index (χ1n) is 11.4. The number of aliphatic imine (C=N–C) groups is 1. The summed E-state index contributed by atoms with van der Waals surface area (Å²) in [5.74, 6) is 3.46. The first kappa shape index (κ1) is 28.4. The monoisotopic (exact) mass is 560 g/mol. The van der Waals surface area contributed by atoms with Crippen molar-refractivity contribution < 1.29 is 14.6 Å². The van der Waals surface area contributed by atoms with Crippen molar-refractivity contribution in [2.75, 3.05) is 40.5 Å². The van der Waals surface area contributed by atoms with Crippen molar-refractivity contribution in [1.29, 1.82) is 0 Å². The number of halogens is 1. The van der Waals surface area contributed by atoms with Crippen molar-refractivity contribution in [2.45, 2.75) is 46.5 Å². The standard InChI is InChI=1S/C24H40N4O3.HI/c1-6-25-24(27-16-18(9-11-29)12-17(2)3)26-10-7-8-19-13-21-22(28-19)14-20(30-4)15-23(21)31-5;/h13-15,17-18,28-29H,6-12,16H2,1-5H3,(H2,25,26,27);1H. The van der Waals surface area contributed by atoms with Gasteiger partial charge in [0.15, 0.2) is 5.96 Å². The van der Waals surface area contributed by atoms with E-state index in [1.807, 2.05) is 12.1 Å². The largest absolute Gasteiger partial charge is 0.497 e. The van der Waals surface area contributed by atoms with E-state index in [4.69, 9.17) is 14.5 Å². The van der Waals surface area contributed by atoms with Crippen molar-refractivity contribution in [3.63, 3.8) is 0 Å². The zero-order chi connectivity index (χ0) is 22.6. The molecule has 7 nitrogen and oxygen atoms in total. The summed E-state index contributed by atoms with van der Waals surface area (Å²) < 4.78 is 10.9. The molecule has 1 aromatic carbocycles. The molecule has 0 spiro atoms. The molecule has 1 aromatic heterocycles. The van der Waals surface area contributed by atoms with Crippen LogP contribution in [0.5, 0.6) is 11.5 Å². The van der Waals surface area contributed by atoms with Gasteiger partial charge in [-0.05, 0) is 50.5 Å². The van der Waals surface area contributed by atoms with Crippen molar-refractivity contribution >= 4 is 40.8 Å². The van der Waals surface area contributed by atoms with E-state index in [0.29, 0.717) is 11.8 Å². The van der Waals surface area contributed by atoms with Crippen LogP contribution in [0.2, 0.25) is 0 Å². The Morgan fingerprint density at radius 2 is 1.94 bits per heavy atom. The summed E-state index contributed by atoms with van der Waals surface area (Å²) in [5, 5.41) is 17.1. The Labute approximate surface area is 209 Å². The highest BCUT2D eigenvalue weighted by Crippen LogP contribution is 2.31. The molecule has 0 aliphatic carbocycles. The molecule has 0 fully saturated rings. The zero-order valence-corrected chi connectivity index (χ0v) is 22.5. The molecule has 0 aliphatic heterocycles. The third kappa shape index (κ3) is 9.05. The normalized spacial score (nSPS) is 12.5. The summed E-state index contributed by atoms with van der Waals surface area (Å²) in [4.78, 5) is 8.22. The van der Waals surface area contributed by atoms with Crippen molar-refractivity contribution in [2.24, 2.45) is 16.8 Å². The van der Waals surface area contributed by atoms with Gasteiger partial charge in [-0.1, -0.05) is 13.8 Å². The highest BCUT2D eigenvalue weighted by atomic mass is 127. The zero-order valence-electron chi connectivity index (χ0n) is 20.2. The Hall–Kier alpha value is -1.68. The van der Waals surface area contributed by atoms with Gasteiger partial charge in [0, 0.05) is 49.5 Å². The number of aliphatic hydroxyl groups excluding tert-OH is 1. The van der Waals surface area contributed by atoms with Gasteiger partial charge in [0.05, 0.1) is 19.7 Å². The molecule has 1 atom stereocenters. The Balaban J connectivity index is 0.00000512. The van der Waals surface area contributed by atoms with Crippen LogP contribution in [0.3, 0.4) is 0 Å². The molecule has 2 rings (SSSR count). The number of aromatic nitrogens is 1. The highest BCUT2D eigenvalue weighted by Gasteiger charge is 2.11. The van der Waals surface area contributed by atoms with Gasteiger partial charge in [-0.25, -0.2) is 0 Å². The molecular weight excluding hydrogens is 519 g/mol. The molecule has 0 radical (unpaired) electrons. The maximum atomic E-state index is 9.32. The summed E-state index contributed by atoms with van der Waals surface area (Å²) >= 11 is 0. The maximum absolute atomic E-state index is 9.32. The van der Waals surface area contributed by atoms with Crippen LogP contribution in [0, 0.1) is 11.8 Å². The van der Waals surface area contributed by atoms with Crippen LogP contribution in [0.1, 0.15) is 45.7 Å². The van der Waals surface area contributed by atoms with Crippen LogP contribution < -0.4 is 20.1 Å². The lowest BCUT2D eigenvalue weighted by molar-refractivity contribution is 0.245. The number of ether oxygens (including phenoxy) is 2. The summed E-state index contributed by atoms with van der Waals surface area (Å²) in [6.07, 6.45) is 3.78. The third-order valence-corrected chi connectivity index (χ3v) is 5.29. The Bertz CT molecular complexity index is 823. The molecule has 0 amide bonds. The number of nitrogens with zero attached hydrogens (tertiary/aromatic N) is 1. The average molecular weight is 561 g/mol. The molecule has 8 heteroatoms. The van der Waals surface area contributed by atoms with E-state index in [1.54, 1.807) is 14.2 Å². The van der Waals surface area contributed by atoms with E-state index in [9.17, 15) is 5.11 Å². The molecule has 1 unspecified atom stereocenters. The fourth-order valence-corrected chi connectivity index (χ4v) is 3.84. The average Bonchev–Trinajstić information content (AvgIpc) is 3.16. The predicted molar refractivity (Wildman–Crippen MR) is 144 cm³/mol. The van der Waals surface area contributed by atoms with Crippen LogP contribution in [-0.4, -0.2) is 56.5 Å². The molecule has 32 heavy (non-hydrogen) atoms. The van der Waals surface area contributed by atoms with Crippen LogP contribution >= 0.6 is 24.0 Å². The fourth-order valence-electron chi connectivity index (χ4n) is 3.84. The number of hydrogen-bond acceptors (Lipinski definition) is 4. The van der Waals surface area contributed by atoms with E-state index < -0.39 is 0 Å². The molecule has 0 saturated heterocycles. The van der Waals surface area contributed by atoms with Gasteiger partial charge in [-0.3, -0.25) is 4.99 Å².